The van der Waals surface area contributed by atoms with Gasteiger partial charge in [0.15, 0.2) is 0 Å². The number of thioether (sulfide) groups is 1. The lowest BCUT2D eigenvalue weighted by atomic mass is 10.0. The number of hydrogen-bond acceptors (Lipinski definition) is 3. The summed E-state index contributed by atoms with van der Waals surface area (Å²) in [6.07, 6.45) is 3.95. The van der Waals surface area contributed by atoms with E-state index in [1.54, 1.807) is 11.8 Å². The highest BCUT2D eigenvalue weighted by Crippen LogP contribution is 2.23. The zero-order valence-corrected chi connectivity index (χ0v) is 16.3. The highest BCUT2D eigenvalue weighted by atomic mass is 32.2. The Morgan fingerprint density at radius 1 is 1.00 bits per heavy atom. The topological polar surface area (TPSA) is 32.3 Å². The summed E-state index contributed by atoms with van der Waals surface area (Å²) in [4.78, 5) is 16.1. The van der Waals surface area contributed by atoms with Gasteiger partial charge in [0.25, 0.3) is 0 Å². The van der Waals surface area contributed by atoms with Gasteiger partial charge in [0.2, 0.25) is 5.91 Å². The third-order valence-corrected chi connectivity index (χ3v) is 5.95. The lowest BCUT2D eigenvalue weighted by Crippen LogP contribution is -2.32. The van der Waals surface area contributed by atoms with Gasteiger partial charge < -0.3 is 5.32 Å². The zero-order chi connectivity index (χ0) is 18.2. The molecule has 0 aliphatic carbocycles. The van der Waals surface area contributed by atoms with E-state index in [9.17, 15) is 4.79 Å². The van der Waals surface area contributed by atoms with E-state index in [0.29, 0.717) is 6.54 Å². The van der Waals surface area contributed by atoms with E-state index in [2.05, 4.69) is 34.5 Å². The molecular formula is C22H28N2OS. The van der Waals surface area contributed by atoms with E-state index < -0.39 is 0 Å². The minimum atomic E-state index is -0.105. The first-order valence-corrected chi connectivity index (χ1v) is 10.4. The number of carbonyl (C=O) groups is 1. The Morgan fingerprint density at radius 2 is 1.65 bits per heavy atom. The van der Waals surface area contributed by atoms with Crippen LogP contribution in [0.25, 0.3) is 0 Å². The maximum atomic E-state index is 12.5. The second-order valence-corrected chi connectivity index (χ2v) is 8.31. The molecule has 3 rings (SSSR count). The first-order chi connectivity index (χ1) is 12.7. The van der Waals surface area contributed by atoms with Gasteiger partial charge in [-0.3, -0.25) is 9.69 Å². The summed E-state index contributed by atoms with van der Waals surface area (Å²) in [5, 5.41) is 3.01. The molecule has 1 fully saturated rings. The largest absolute Gasteiger partial charge is 0.351 e. The minimum absolute atomic E-state index is 0.0895. The molecule has 1 saturated heterocycles. The maximum absolute atomic E-state index is 12.5. The predicted octanol–water partition coefficient (Wildman–Crippen LogP) is 4.47. The minimum Gasteiger partial charge on any atom is -0.351 e. The molecule has 1 amide bonds. The SMILES string of the molecule is CC(Sc1ccccc1)C(=O)NCc1ccccc1CN1CCCCC1. The molecule has 0 aromatic heterocycles. The summed E-state index contributed by atoms with van der Waals surface area (Å²) in [5.74, 6) is 0.0895. The van der Waals surface area contributed by atoms with Crippen molar-refractivity contribution in [2.75, 3.05) is 13.1 Å². The van der Waals surface area contributed by atoms with Crippen LogP contribution in [-0.4, -0.2) is 29.1 Å². The molecule has 1 aliphatic heterocycles. The summed E-state index contributed by atoms with van der Waals surface area (Å²) >= 11 is 1.60. The first kappa shape index (κ1) is 19.0. The van der Waals surface area contributed by atoms with Crippen LogP contribution in [0, 0.1) is 0 Å². The number of rotatable bonds is 7. The molecular weight excluding hydrogens is 340 g/mol. The van der Waals surface area contributed by atoms with E-state index in [1.807, 2.05) is 37.3 Å². The van der Waals surface area contributed by atoms with Crippen molar-refractivity contribution in [3.05, 3.63) is 65.7 Å². The molecule has 0 radical (unpaired) electrons. The number of benzene rings is 2. The Bertz CT molecular complexity index is 698. The van der Waals surface area contributed by atoms with Gasteiger partial charge in [0.1, 0.15) is 0 Å². The van der Waals surface area contributed by atoms with Gasteiger partial charge in [0, 0.05) is 18.0 Å². The van der Waals surface area contributed by atoms with Crippen LogP contribution in [0.2, 0.25) is 0 Å². The molecule has 1 aliphatic rings. The molecule has 26 heavy (non-hydrogen) atoms. The normalized spacial score (nSPS) is 16.2. The lowest BCUT2D eigenvalue weighted by molar-refractivity contribution is -0.120. The standard InChI is InChI=1S/C22H28N2OS/c1-18(26-21-12-4-2-5-13-21)22(25)23-16-19-10-6-7-11-20(19)17-24-14-8-3-9-15-24/h2,4-7,10-13,18H,3,8-9,14-17H2,1H3,(H,23,25). The van der Waals surface area contributed by atoms with Crippen molar-refractivity contribution < 1.29 is 4.79 Å². The smallest absolute Gasteiger partial charge is 0.233 e. The van der Waals surface area contributed by atoms with Gasteiger partial charge in [0.05, 0.1) is 5.25 Å². The summed E-state index contributed by atoms with van der Waals surface area (Å²) in [6, 6.07) is 18.6. The van der Waals surface area contributed by atoms with Crippen LogP contribution in [0.3, 0.4) is 0 Å². The van der Waals surface area contributed by atoms with Crippen molar-refractivity contribution in [2.24, 2.45) is 0 Å². The molecule has 0 bridgehead atoms. The number of carbonyl (C=O) groups excluding carboxylic acids is 1. The van der Waals surface area contributed by atoms with E-state index >= 15 is 0 Å². The number of nitrogens with zero attached hydrogens (tertiary/aromatic N) is 1. The molecule has 1 N–H and O–H groups in total. The molecule has 0 saturated carbocycles. The van der Waals surface area contributed by atoms with E-state index in [0.717, 1.165) is 11.4 Å². The van der Waals surface area contributed by atoms with Crippen LogP contribution < -0.4 is 5.32 Å². The molecule has 0 spiro atoms. The van der Waals surface area contributed by atoms with E-state index in [1.165, 1.54) is 43.5 Å². The number of likely N-dealkylation sites (tertiary alicyclic amines) is 1. The van der Waals surface area contributed by atoms with Crippen LogP contribution in [0.15, 0.2) is 59.5 Å². The van der Waals surface area contributed by atoms with Gasteiger partial charge in [-0.15, -0.1) is 11.8 Å². The molecule has 1 atom stereocenters. The van der Waals surface area contributed by atoms with Gasteiger partial charge in [-0.2, -0.15) is 0 Å². The Kier molecular flexibility index (Phi) is 7.15. The average Bonchev–Trinajstić information content (AvgIpc) is 2.68. The van der Waals surface area contributed by atoms with Gasteiger partial charge >= 0.3 is 0 Å². The van der Waals surface area contributed by atoms with Gasteiger partial charge in [-0.25, -0.2) is 0 Å². The Hall–Kier alpha value is -1.78. The van der Waals surface area contributed by atoms with Crippen molar-refractivity contribution in [2.45, 2.75) is 49.4 Å². The van der Waals surface area contributed by atoms with Crippen molar-refractivity contribution in [1.82, 2.24) is 10.2 Å². The monoisotopic (exact) mass is 368 g/mol. The quantitative estimate of drug-likeness (QED) is 0.732. The van der Waals surface area contributed by atoms with Crippen LogP contribution in [0.4, 0.5) is 0 Å². The maximum Gasteiger partial charge on any atom is 0.233 e. The van der Waals surface area contributed by atoms with E-state index in [4.69, 9.17) is 0 Å². The van der Waals surface area contributed by atoms with Crippen LogP contribution in [-0.2, 0) is 17.9 Å². The molecule has 3 nitrogen and oxygen atoms in total. The number of amides is 1. The fourth-order valence-corrected chi connectivity index (χ4v) is 4.24. The number of piperidine rings is 1. The molecule has 1 heterocycles. The molecule has 138 valence electrons. The van der Waals surface area contributed by atoms with Crippen molar-refractivity contribution in [1.29, 1.82) is 0 Å². The van der Waals surface area contributed by atoms with Crippen molar-refractivity contribution in [3.63, 3.8) is 0 Å². The van der Waals surface area contributed by atoms with Crippen molar-refractivity contribution >= 4 is 17.7 Å². The molecule has 2 aromatic rings. The Morgan fingerprint density at radius 3 is 2.38 bits per heavy atom. The van der Waals surface area contributed by atoms with Gasteiger partial charge in [-0.05, 0) is 56.1 Å². The van der Waals surface area contributed by atoms with E-state index in [-0.39, 0.29) is 11.2 Å². The summed E-state index contributed by atoms with van der Waals surface area (Å²) < 4.78 is 0. The third-order valence-electron chi connectivity index (χ3n) is 4.84. The van der Waals surface area contributed by atoms with Crippen LogP contribution in [0.5, 0.6) is 0 Å². The van der Waals surface area contributed by atoms with Crippen LogP contribution >= 0.6 is 11.8 Å². The summed E-state index contributed by atoms with van der Waals surface area (Å²) in [7, 11) is 0. The zero-order valence-electron chi connectivity index (χ0n) is 15.5. The van der Waals surface area contributed by atoms with Crippen LogP contribution in [0.1, 0.15) is 37.3 Å². The summed E-state index contributed by atoms with van der Waals surface area (Å²) in [5.41, 5.74) is 2.56. The Balaban J connectivity index is 1.54. The third kappa shape index (κ3) is 5.61. The molecule has 4 heteroatoms. The first-order valence-electron chi connectivity index (χ1n) is 9.51. The van der Waals surface area contributed by atoms with Gasteiger partial charge in [-0.1, -0.05) is 48.9 Å². The second-order valence-electron chi connectivity index (χ2n) is 6.90. The fraction of sp³-hybridized carbons (Fsp3) is 0.409. The lowest BCUT2D eigenvalue weighted by Gasteiger charge is -2.27. The fourth-order valence-electron chi connectivity index (χ4n) is 3.33. The summed E-state index contributed by atoms with van der Waals surface area (Å²) in [6.45, 7) is 5.92. The molecule has 1 unspecified atom stereocenters. The average molecular weight is 369 g/mol. The Labute approximate surface area is 161 Å². The highest BCUT2D eigenvalue weighted by Gasteiger charge is 2.16. The number of hydrogen-bond donors (Lipinski definition) is 1. The predicted molar refractivity (Wildman–Crippen MR) is 109 cm³/mol. The van der Waals surface area contributed by atoms with Crippen molar-refractivity contribution in [3.8, 4) is 0 Å². The highest BCUT2D eigenvalue weighted by molar-refractivity contribution is 8.00. The second kappa shape index (κ2) is 9.79. The molecule has 2 aromatic carbocycles. The number of nitrogens with one attached hydrogen (secondary N) is 1.